The normalized spacial score (nSPS) is 37.0. The molecule has 1 heterocycles. The smallest absolute Gasteiger partial charge is 0.293 e. The van der Waals surface area contributed by atoms with E-state index in [2.05, 4.69) is 17.1 Å². The lowest BCUT2D eigenvalue weighted by molar-refractivity contribution is -0.257. The van der Waals surface area contributed by atoms with Crippen LogP contribution in [0.3, 0.4) is 0 Å². The van der Waals surface area contributed by atoms with Gasteiger partial charge in [0.15, 0.2) is 5.41 Å². The Morgan fingerprint density at radius 2 is 1.80 bits per heavy atom. The van der Waals surface area contributed by atoms with Crippen molar-refractivity contribution in [2.75, 3.05) is 13.2 Å². The predicted molar refractivity (Wildman–Crippen MR) is 72.0 cm³/mol. The van der Waals surface area contributed by atoms with Crippen molar-refractivity contribution >= 4 is 5.84 Å². The molecule has 1 fully saturated rings. The third-order valence-electron chi connectivity index (χ3n) is 4.34. The monoisotopic (exact) mass is 276 g/mol. The van der Waals surface area contributed by atoms with Gasteiger partial charge in [0, 0.05) is 19.1 Å². The molecule has 0 spiro atoms. The molecule has 0 unspecified atom stereocenters. The first-order valence-corrected chi connectivity index (χ1v) is 6.90. The Balaban J connectivity index is 2.64. The molecular formula is C14H20N4O2. The Kier molecular flexibility index (Phi) is 3.28. The molecule has 1 aliphatic carbocycles. The van der Waals surface area contributed by atoms with Gasteiger partial charge in [-0.2, -0.15) is 10.5 Å². The summed E-state index contributed by atoms with van der Waals surface area (Å²) in [4.78, 5) is 4.25. The molecule has 0 saturated heterocycles. The van der Waals surface area contributed by atoms with Gasteiger partial charge in [0.1, 0.15) is 11.3 Å². The number of nitrogens with two attached hydrogens (primary N) is 1. The van der Waals surface area contributed by atoms with E-state index < -0.39 is 16.7 Å². The number of nitrogens with zero attached hydrogens (tertiary/aromatic N) is 3. The van der Waals surface area contributed by atoms with Crippen LogP contribution in [0.5, 0.6) is 0 Å². The fourth-order valence-corrected chi connectivity index (χ4v) is 3.81. The highest BCUT2D eigenvalue weighted by molar-refractivity contribution is 5.98. The summed E-state index contributed by atoms with van der Waals surface area (Å²) in [6.07, 6.45) is 0. The number of fused-ring (bicyclic) bond motifs is 1. The highest BCUT2D eigenvalue weighted by Crippen LogP contribution is 2.79. The highest BCUT2D eigenvalue weighted by Gasteiger charge is 2.93. The maximum atomic E-state index is 9.80. The van der Waals surface area contributed by atoms with Crippen LogP contribution in [0.1, 0.15) is 27.7 Å². The molecule has 6 nitrogen and oxygen atoms in total. The average Bonchev–Trinajstić information content (AvgIpc) is 2.98. The lowest BCUT2D eigenvalue weighted by Crippen LogP contribution is -2.44. The van der Waals surface area contributed by atoms with Gasteiger partial charge < -0.3 is 15.2 Å². The van der Waals surface area contributed by atoms with E-state index in [1.54, 1.807) is 13.8 Å². The van der Waals surface area contributed by atoms with Crippen molar-refractivity contribution in [3.05, 3.63) is 0 Å². The SMILES string of the molecule is CCOC1(OCC)N=C(N)[C@@]2(C#N)[C@H](C(C)C)[C@@]12C#N. The Morgan fingerprint density at radius 1 is 1.25 bits per heavy atom. The fraction of sp³-hybridized carbons (Fsp3) is 0.786. The number of aliphatic imine (C=N–C) groups is 1. The molecule has 0 aromatic heterocycles. The van der Waals surface area contributed by atoms with Crippen LogP contribution < -0.4 is 5.73 Å². The third-order valence-corrected chi connectivity index (χ3v) is 4.34. The molecule has 0 aromatic carbocycles. The lowest BCUT2D eigenvalue weighted by atomic mass is 9.93. The molecule has 0 amide bonds. The van der Waals surface area contributed by atoms with E-state index in [9.17, 15) is 10.5 Å². The van der Waals surface area contributed by atoms with Crippen molar-refractivity contribution in [3.8, 4) is 12.1 Å². The molecule has 108 valence electrons. The minimum atomic E-state index is -1.46. The van der Waals surface area contributed by atoms with E-state index in [0.717, 1.165) is 0 Å². The lowest BCUT2D eigenvalue weighted by Gasteiger charge is -2.32. The third kappa shape index (κ3) is 1.26. The maximum absolute atomic E-state index is 9.80. The molecule has 3 atom stereocenters. The summed E-state index contributed by atoms with van der Waals surface area (Å²) in [5.41, 5.74) is 3.76. The van der Waals surface area contributed by atoms with Crippen LogP contribution in [-0.4, -0.2) is 25.0 Å². The van der Waals surface area contributed by atoms with Crippen molar-refractivity contribution in [3.63, 3.8) is 0 Å². The molecule has 20 heavy (non-hydrogen) atoms. The van der Waals surface area contributed by atoms with Crippen LogP contribution in [-0.2, 0) is 9.47 Å². The van der Waals surface area contributed by atoms with E-state index in [4.69, 9.17) is 15.2 Å². The van der Waals surface area contributed by atoms with E-state index in [0.29, 0.717) is 13.2 Å². The van der Waals surface area contributed by atoms with E-state index in [-0.39, 0.29) is 17.7 Å². The van der Waals surface area contributed by atoms with Gasteiger partial charge in [0.2, 0.25) is 0 Å². The summed E-state index contributed by atoms with van der Waals surface area (Å²) >= 11 is 0. The van der Waals surface area contributed by atoms with Gasteiger partial charge in [-0.05, 0) is 19.8 Å². The molecule has 1 saturated carbocycles. The number of hydrogen-bond donors (Lipinski definition) is 1. The van der Waals surface area contributed by atoms with E-state index in [1.807, 2.05) is 13.8 Å². The minimum absolute atomic E-state index is 0.101. The van der Waals surface area contributed by atoms with Crippen molar-refractivity contribution in [1.82, 2.24) is 0 Å². The van der Waals surface area contributed by atoms with Crippen molar-refractivity contribution in [1.29, 1.82) is 10.5 Å². The second-order valence-electron chi connectivity index (χ2n) is 5.51. The zero-order chi connectivity index (χ0) is 15.2. The molecule has 1 aliphatic heterocycles. The average molecular weight is 276 g/mol. The second kappa shape index (κ2) is 4.44. The van der Waals surface area contributed by atoms with Crippen LogP contribution >= 0.6 is 0 Å². The topological polar surface area (TPSA) is 104 Å². The second-order valence-corrected chi connectivity index (χ2v) is 5.51. The van der Waals surface area contributed by atoms with Gasteiger partial charge in [-0.1, -0.05) is 13.8 Å². The van der Waals surface area contributed by atoms with Crippen LogP contribution in [0, 0.1) is 45.3 Å². The van der Waals surface area contributed by atoms with Gasteiger partial charge in [-0.25, -0.2) is 4.99 Å². The zero-order valence-electron chi connectivity index (χ0n) is 12.3. The quantitative estimate of drug-likeness (QED) is 0.764. The Bertz CT molecular complexity index is 524. The number of nitriles is 2. The summed E-state index contributed by atoms with van der Waals surface area (Å²) in [7, 11) is 0. The van der Waals surface area contributed by atoms with Gasteiger partial charge in [-0.15, -0.1) is 0 Å². The Hall–Kier alpha value is -1.63. The van der Waals surface area contributed by atoms with Crippen molar-refractivity contribution < 1.29 is 9.47 Å². The van der Waals surface area contributed by atoms with E-state index in [1.165, 1.54) is 0 Å². The molecule has 2 N–H and O–H groups in total. The van der Waals surface area contributed by atoms with Gasteiger partial charge in [0.25, 0.3) is 5.91 Å². The van der Waals surface area contributed by atoms with Crippen LogP contribution in [0.15, 0.2) is 4.99 Å². The summed E-state index contributed by atoms with van der Waals surface area (Å²) in [5, 5.41) is 19.4. The van der Waals surface area contributed by atoms with E-state index >= 15 is 0 Å². The number of rotatable bonds is 5. The van der Waals surface area contributed by atoms with Gasteiger partial charge in [-0.3, -0.25) is 0 Å². The minimum Gasteiger partial charge on any atom is -0.386 e. The molecule has 0 radical (unpaired) electrons. The summed E-state index contributed by atoms with van der Waals surface area (Å²) in [6, 6.07) is 4.48. The first-order chi connectivity index (χ1) is 9.44. The van der Waals surface area contributed by atoms with Crippen LogP contribution in [0.4, 0.5) is 0 Å². The van der Waals surface area contributed by atoms with Gasteiger partial charge >= 0.3 is 0 Å². The van der Waals surface area contributed by atoms with Crippen molar-refractivity contribution in [2.45, 2.75) is 33.6 Å². The number of amidine groups is 1. The molecule has 6 heteroatoms. The van der Waals surface area contributed by atoms with Gasteiger partial charge in [0.05, 0.1) is 12.1 Å². The molecule has 0 bridgehead atoms. The highest BCUT2D eigenvalue weighted by atomic mass is 16.7. The molecule has 0 aromatic rings. The van der Waals surface area contributed by atoms with Crippen LogP contribution in [0.25, 0.3) is 0 Å². The number of hydrogen-bond acceptors (Lipinski definition) is 6. The summed E-state index contributed by atoms with van der Waals surface area (Å²) < 4.78 is 11.4. The molecule has 2 rings (SSSR count). The first-order valence-electron chi connectivity index (χ1n) is 6.90. The summed E-state index contributed by atoms with van der Waals surface area (Å²) in [5.74, 6) is -1.44. The Labute approximate surface area is 119 Å². The summed E-state index contributed by atoms with van der Waals surface area (Å²) in [6.45, 7) is 8.20. The predicted octanol–water partition coefficient (Wildman–Crippen LogP) is 1.39. The maximum Gasteiger partial charge on any atom is 0.293 e. The molecular weight excluding hydrogens is 256 g/mol. The standard InChI is InChI=1S/C14H20N4O2/c1-5-19-14(20-6-2)13(8-16)10(9(3)4)12(13,7-15)11(17)18-14/h9-10H,5-6H2,1-4H3,(H2,17,18)/t10-,12+,13+/m0/s1. The molecule has 2 aliphatic rings. The zero-order valence-corrected chi connectivity index (χ0v) is 12.3. The Morgan fingerprint density at radius 3 is 2.10 bits per heavy atom. The van der Waals surface area contributed by atoms with Crippen molar-refractivity contribution in [2.24, 2.45) is 33.4 Å². The fourth-order valence-electron chi connectivity index (χ4n) is 3.81. The first kappa shape index (κ1) is 14.8. The largest absolute Gasteiger partial charge is 0.386 e. The van der Waals surface area contributed by atoms with Crippen LogP contribution in [0.2, 0.25) is 0 Å². The number of ether oxygens (including phenoxy) is 2.